The van der Waals surface area contributed by atoms with E-state index in [0.29, 0.717) is 29.0 Å². The maximum Gasteiger partial charge on any atom is 0.322 e. The molecule has 168 valence electrons. The van der Waals surface area contributed by atoms with Crippen LogP contribution in [-0.2, 0) is 9.59 Å². The Balaban J connectivity index is 1.58. The van der Waals surface area contributed by atoms with Crippen LogP contribution < -0.4 is 10.1 Å². The predicted molar refractivity (Wildman–Crippen MR) is 123 cm³/mol. The number of rotatable bonds is 5. The number of benzene rings is 2. The third-order valence-corrected chi connectivity index (χ3v) is 6.23. The lowest BCUT2D eigenvalue weighted by Crippen LogP contribution is -2.32. The van der Waals surface area contributed by atoms with Gasteiger partial charge < -0.3 is 20.3 Å². The summed E-state index contributed by atoms with van der Waals surface area (Å²) >= 11 is 0. The summed E-state index contributed by atoms with van der Waals surface area (Å²) in [7, 11) is 0. The number of nitrogens with one attached hydrogen (secondary N) is 1. The molecule has 1 aliphatic heterocycles. The van der Waals surface area contributed by atoms with Gasteiger partial charge in [-0.3, -0.25) is 14.6 Å². The molecule has 0 aromatic heterocycles. The second-order valence-electron chi connectivity index (χ2n) is 8.70. The molecular formula is C25H23N3O5. The van der Waals surface area contributed by atoms with Crippen molar-refractivity contribution in [1.82, 2.24) is 5.32 Å². The van der Waals surface area contributed by atoms with Crippen molar-refractivity contribution in [2.24, 2.45) is 21.8 Å². The highest BCUT2D eigenvalue weighted by Crippen LogP contribution is 2.53. The van der Waals surface area contributed by atoms with Crippen molar-refractivity contribution in [2.75, 3.05) is 6.54 Å². The Labute approximate surface area is 190 Å². The second-order valence-corrected chi connectivity index (χ2v) is 8.70. The lowest BCUT2D eigenvalue weighted by atomic mass is 9.90. The lowest BCUT2D eigenvalue weighted by molar-refractivity contribution is -0.137. The molecule has 1 fully saturated rings. The van der Waals surface area contributed by atoms with Crippen LogP contribution in [0.15, 0.2) is 52.0 Å². The van der Waals surface area contributed by atoms with Crippen LogP contribution in [0.2, 0.25) is 0 Å². The fourth-order valence-corrected chi connectivity index (χ4v) is 4.80. The van der Waals surface area contributed by atoms with Crippen LogP contribution in [0, 0.1) is 25.7 Å². The number of fused-ring (bicyclic) bond motifs is 4. The van der Waals surface area contributed by atoms with Crippen LogP contribution in [-0.4, -0.2) is 46.7 Å². The summed E-state index contributed by atoms with van der Waals surface area (Å²) in [6, 6.07) is 11.0. The third-order valence-electron chi connectivity index (χ3n) is 6.23. The highest BCUT2D eigenvalue weighted by Gasteiger charge is 2.56. The van der Waals surface area contributed by atoms with E-state index in [1.54, 1.807) is 12.1 Å². The average Bonchev–Trinajstić information content (AvgIpc) is 3.45. The largest absolute Gasteiger partial charge is 0.507 e. The monoisotopic (exact) mass is 445 g/mol. The molecule has 2 aliphatic carbocycles. The maximum atomic E-state index is 12.9. The van der Waals surface area contributed by atoms with Crippen molar-refractivity contribution >= 4 is 29.7 Å². The summed E-state index contributed by atoms with van der Waals surface area (Å²) in [5.74, 6) is -0.888. The lowest BCUT2D eigenvalue weighted by Gasteiger charge is -2.19. The van der Waals surface area contributed by atoms with E-state index >= 15 is 0 Å². The van der Waals surface area contributed by atoms with Gasteiger partial charge in [0.25, 0.3) is 5.91 Å². The van der Waals surface area contributed by atoms with E-state index in [2.05, 4.69) is 21.4 Å². The van der Waals surface area contributed by atoms with Gasteiger partial charge in [-0.05, 0) is 67.6 Å². The third kappa shape index (κ3) is 3.88. The van der Waals surface area contributed by atoms with Gasteiger partial charge in [-0.2, -0.15) is 0 Å². The molecule has 1 heterocycles. The normalized spacial score (nSPS) is 24.5. The number of carboxylic acid groups (broad SMARTS) is 1. The molecule has 8 heteroatoms. The molecule has 1 saturated carbocycles. The highest BCUT2D eigenvalue weighted by atomic mass is 16.5. The van der Waals surface area contributed by atoms with Gasteiger partial charge in [0.15, 0.2) is 0 Å². The van der Waals surface area contributed by atoms with Crippen LogP contribution in [0.1, 0.15) is 28.7 Å². The van der Waals surface area contributed by atoms with Crippen LogP contribution in [0.25, 0.3) is 5.76 Å². The zero-order valence-electron chi connectivity index (χ0n) is 18.2. The minimum atomic E-state index is -1.15. The van der Waals surface area contributed by atoms with E-state index in [9.17, 15) is 14.7 Å². The minimum absolute atomic E-state index is 0.0207. The van der Waals surface area contributed by atoms with E-state index in [0.717, 1.165) is 16.8 Å². The molecule has 8 nitrogen and oxygen atoms in total. The van der Waals surface area contributed by atoms with Gasteiger partial charge in [-0.25, -0.2) is 4.99 Å². The smallest absolute Gasteiger partial charge is 0.322 e. The molecule has 1 amide bonds. The number of hydrogen-bond donors (Lipinski definition) is 3. The number of carbonyl (C=O) groups is 2. The zero-order chi connectivity index (χ0) is 23.3. The molecular weight excluding hydrogens is 422 g/mol. The molecule has 0 saturated heterocycles. The number of aliphatic hydroxyl groups is 1. The molecule has 3 N–H and O–H groups in total. The zero-order valence-corrected chi connectivity index (χ0v) is 18.2. The first-order chi connectivity index (χ1) is 15.8. The number of aryl methyl sites for hydroxylation is 2. The van der Waals surface area contributed by atoms with Crippen molar-refractivity contribution in [3.8, 4) is 11.5 Å². The van der Waals surface area contributed by atoms with Crippen LogP contribution in [0.5, 0.6) is 11.5 Å². The SMILES string of the molecule is Cc1cc(C)cc(Oc2ccc3c(c2)C2=NC=NC4C(C2)C4/C(C(=O)NCC(=O)O)=C\3O)c1. The fraction of sp³-hybridized carbons (Fsp3) is 0.280. The first-order valence-electron chi connectivity index (χ1n) is 10.7. The van der Waals surface area contributed by atoms with Crippen LogP contribution in [0.4, 0.5) is 0 Å². The highest BCUT2D eigenvalue weighted by molar-refractivity contribution is 6.11. The first kappa shape index (κ1) is 20.9. The van der Waals surface area contributed by atoms with E-state index in [1.165, 1.54) is 6.34 Å². The molecule has 0 spiro atoms. The van der Waals surface area contributed by atoms with Gasteiger partial charge in [0.05, 0.1) is 17.3 Å². The molecule has 2 bridgehead atoms. The summed E-state index contributed by atoms with van der Waals surface area (Å²) < 4.78 is 6.10. The molecule has 3 aliphatic rings. The van der Waals surface area contributed by atoms with Crippen molar-refractivity contribution in [1.29, 1.82) is 0 Å². The molecule has 2 aromatic rings. The second kappa shape index (κ2) is 7.88. The fourth-order valence-electron chi connectivity index (χ4n) is 4.80. The number of hydrogen-bond acceptors (Lipinski definition) is 6. The van der Waals surface area contributed by atoms with Crippen molar-refractivity contribution in [3.05, 3.63) is 64.2 Å². The summed E-state index contributed by atoms with van der Waals surface area (Å²) in [5.41, 5.74) is 4.24. The van der Waals surface area contributed by atoms with Gasteiger partial charge in [-0.1, -0.05) is 6.07 Å². The van der Waals surface area contributed by atoms with Crippen molar-refractivity contribution in [3.63, 3.8) is 0 Å². The minimum Gasteiger partial charge on any atom is -0.507 e. The Kier molecular flexibility index (Phi) is 5.00. The number of aliphatic hydroxyl groups excluding tert-OH is 1. The van der Waals surface area contributed by atoms with Crippen LogP contribution >= 0.6 is 0 Å². The van der Waals surface area contributed by atoms with E-state index in [1.807, 2.05) is 32.0 Å². The molecule has 5 rings (SSSR count). The number of aliphatic imine (C=N–C) groups is 2. The Hall–Kier alpha value is -3.94. The number of ether oxygens (including phenoxy) is 1. The number of nitrogens with zero attached hydrogens (tertiary/aromatic N) is 2. The van der Waals surface area contributed by atoms with Crippen LogP contribution in [0.3, 0.4) is 0 Å². The molecule has 3 atom stereocenters. The Morgan fingerprint density at radius 2 is 1.85 bits per heavy atom. The van der Waals surface area contributed by atoms with Gasteiger partial charge in [0.2, 0.25) is 0 Å². The predicted octanol–water partition coefficient (Wildman–Crippen LogP) is 3.41. The maximum absolute atomic E-state index is 12.9. The van der Waals surface area contributed by atoms with Gasteiger partial charge in [0, 0.05) is 17.0 Å². The number of amides is 1. The van der Waals surface area contributed by atoms with Gasteiger partial charge in [-0.15, -0.1) is 0 Å². The molecule has 33 heavy (non-hydrogen) atoms. The molecule has 0 radical (unpaired) electrons. The molecule has 2 aromatic carbocycles. The summed E-state index contributed by atoms with van der Waals surface area (Å²) in [6.45, 7) is 3.48. The number of carbonyl (C=O) groups excluding carboxylic acids is 1. The van der Waals surface area contributed by atoms with E-state index < -0.39 is 18.4 Å². The Bertz CT molecular complexity index is 1260. The Morgan fingerprint density at radius 1 is 1.09 bits per heavy atom. The number of aliphatic carboxylic acids is 1. The quantitative estimate of drug-likeness (QED) is 0.651. The average molecular weight is 445 g/mol. The van der Waals surface area contributed by atoms with E-state index in [-0.39, 0.29) is 29.2 Å². The van der Waals surface area contributed by atoms with E-state index in [4.69, 9.17) is 9.84 Å². The standard InChI is InChI=1S/C25H23N3O5/c1-12-5-13(2)7-15(6-12)33-14-3-4-16-17(8-14)19-9-18-21(23(18)28-11-27-19)22(24(16)31)25(32)26-10-20(29)30/h3-8,11,18,21,23,31H,9-10H2,1-2H3,(H,26,32)(H,29,30)/b24-22-. The van der Waals surface area contributed by atoms with Crippen molar-refractivity contribution in [2.45, 2.75) is 26.3 Å². The van der Waals surface area contributed by atoms with Gasteiger partial charge >= 0.3 is 5.97 Å². The number of carboxylic acids is 1. The Morgan fingerprint density at radius 3 is 2.58 bits per heavy atom. The summed E-state index contributed by atoms with van der Waals surface area (Å²) in [6.07, 6.45) is 2.11. The topological polar surface area (TPSA) is 121 Å². The summed E-state index contributed by atoms with van der Waals surface area (Å²) in [5, 5.41) is 22.5. The van der Waals surface area contributed by atoms with Gasteiger partial charge in [0.1, 0.15) is 30.1 Å². The summed E-state index contributed by atoms with van der Waals surface area (Å²) in [4.78, 5) is 32.7. The molecule has 3 unspecified atom stereocenters. The van der Waals surface area contributed by atoms with Crippen molar-refractivity contribution < 1.29 is 24.5 Å². The first-order valence-corrected chi connectivity index (χ1v) is 10.7.